The highest BCUT2D eigenvalue weighted by Gasteiger charge is 2.28. The first-order chi connectivity index (χ1) is 8.06. The number of rotatable bonds is 4. The molecule has 92 valence electrons. The second-order valence-electron chi connectivity index (χ2n) is 4.37. The van der Waals surface area contributed by atoms with Crippen LogP contribution in [0.25, 0.3) is 0 Å². The topological polar surface area (TPSA) is 92.4 Å². The smallest absolute Gasteiger partial charge is 0.305 e. The third-order valence-electron chi connectivity index (χ3n) is 2.92. The average Bonchev–Trinajstić information content (AvgIpc) is 2.27. The first-order valence-corrected chi connectivity index (χ1v) is 5.42. The Bertz CT molecular complexity index is 403. The van der Waals surface area contributed by atoms with Crippen LogP contribution in [0, 0.1) is 16.0 Å². The van der Waals surface area contributed by atoms with Crippen molar-refractivity contribution in [2.75, 3.05) is 18.5 Å². The van der Waals surface area contributed by atoms with Gasteiger partial charge < -0.3 is 10.0 Å². The molecular formula is C10H14N4O3. The lowest BCUT2D eigenvalue weighted by Gasteiger charge is -2.34. The Kier molecular flexibility index (Phi) is 3.19. The number of nitro groups is 1. The van der Waals surface area contributed by atoms with E-state index in [4.69, 9.17) is 0 Å². The van der Waals surface area contributed by atoms with Gasteiger partial charge in [0.1, 0.15) is 12.4 Å². The van der Waals surface area contributed by atoms with Crippen LogP contribution in [-0.2, 0) is 0 Å². The molecule has 0 aliphatic heterocycles. The van der Waals surface area contributed by atoms with Crippen LogP contribution in [0.3, 0.4) is 0 Å². The third-order valence-corrected chi connectivity index (χ3v) is 2.92. The molecule has 0 unspecified atom stereocenters. The van der Waals surface area contributed by atoms with Crippen molar-refractivity contribution in [1.82, 2.24) is 9.97 Å². The van der Waals surface area contributed by atoms with E-state index in [2.05, 4.69) is 9.97 Å². The zero-order valence-corrected chi connectivity index (χ0v) is 9.48. The second-order valence-corrected chi connectivity index (χ2v) is 4.37. The lowest BCUT2D eigenvalue weighted by atomic mass is 9.82. The predicted molar refractivity (Wildman–Crippen MR) is 60.7 cm³/mol. The molecule has 1 aromatic heterocycles. The van der Waals surface area contributed by atoms with Crippen molar-refractivity contribution in [2.45, 2.75) is 18.9 Å². The zero-order chi connectivity index (χ0) is 12.4. The molecule has 0 radical (unpaired) electrons. The number of aliphatic hydroxyl groups is 1. The van der Waals surface area contributed by atoms with E-state index in [1.165, 1.54) is 12.4 Å². The van der Waals surface area contributed by atoms with Gasteiger partial charge in [-0.05, 0) is 18.8 Å². The van der Waals surface area contributed by atoms with Gasteiger partial charge >= 0.3 is 5.69 Å². The van der Waals surface area contributed by atoms with Gasteiger partial charge in [0.15, 0.2) is 0 Å². The van der Waals surface area contributed by atoms with Gasteiger partial charge in [-0.1, -0.05) is 0 Å². The number of hydrogen-bond acceptors (Lipinski definition) is 6. The van der Waals surface area contributed by atoms with E-state index in [0.717, 1.165) is 19.4 Å². The minimum absolute atomic E-state index is 0.110. The van der Waals surface area contributed by atoms with Crippen LogP contribution < -0.4 is 4.90 Å². The molecule has 1 N–H and O–H groups in total. The van der Waals surface area contributed by atoms with Crippen LogP contribution in [0.1, 0.15) is 12.8 Å². The van der Waals surface area contributed by atoms with E-state index in [1.54, 1.807) is 0 Å². The number of hydrogen-bond donors (Lipinski definition) is 1. The summed E-state index contributed by atoms with van der Waals surface area (Å²) in [5.41, 5.74) is -0.110. The number of aliphatic hydroxyl groups excluding tert-OH is 1. The summed E-state index contributed by atoms with van der Waals surface area (Å²) in [5, 5.41) is 19.6. The molecule has 1 heterocycles. The summed E-state index contributed by atoms with van der Waals surface area (Å²) < 4.78 is 0. The van der Waals surface area contributed by atoms with E-state index >= 15 is 0 Å². The highest BCUT2D eigenvalue weighted by molar-refractivity contribution is 5.33. The summed E-state index contributed by atoms with van der Waals surface area (Å²) in [7, 11) is 1.84. The molecule has 1 saturated carbocycles. The second kappa shape index (κ2) is 4.62. The van der Waals surface area contributed by atoms with Gasteiger partial charge in [-0.25, -0.2) is 9.97 Å². The molecule has 7 nitrogen and oxygen atoms in total. The normalized spacial score (nSPS) is 22.9. The monoisotopic (exact) mass is 238 g/mol. The fourth-order valence-corrected chi connectivity index (χ4v) is 1.92. The Labute approximate surface area is 98.3 Å². The molecule has 0 aromatic carbocycles. The van der Waals surface area contributed by atoms with E-state index in [1.807, 2.05) is 11.9 Å². The largest absolute Gasteiger partial charge is 0.393 e. The van der Waals surface area contributed by atoms with Gasteiger partial charge in [0.05, 0.1) is 11.0 Å². The molecule has 0 amide bonds. The molecule has 1 aliphatic rings. The van der Waals surface area contributed by atoms with Crippen LogP contribution in [-0.4, -0.2) is 39.7 Å². The van der Waals surface area contributed by atoms with Crippen LogP contribution in [0.5, 0.6) is 0 Å². The Morgan fingerprint density at radius 3 is 2.59 bits per heavy atom. The van der Waals surface area contributed by atoms with Crippen LogP contribution in [0.2, 0.25) is 0 Å². The van der Waals surface area contributed by atoms with E-state index in [9.17, 15) is 15.2 Å². The van der Waals surface area contributed by atoms with E-state index < -0.39 is 4.92 Å². The molecule has 0 saturated heterocycles. The molecule has 1 fully saturated rings. The SMILES string of the molecule is CN(CC1CC(O)C1)c1ncc([N+](=O)[O-])cn1. The van der Waals surface area contributed by atoms with Crippen molar-refractivity contribution >= 4 is 11.6 Å². The number of nitrogens with zero attached hydrogens (tertiary/aromatic N) is 4. The van der Waals surface area contributed by atoms with Crippen molar-refractivity contribution in [2.24, 2.45) is 5.92 Å². The van der Waals surface area contributed by atoms with Crippen molar-refractivity contribution in [3.63, 3.8) is 0 Å². The highest BCUT2D eigenvalue weighted by Crippen LogP contribution is 2.28. The molecule has 2 rings (SSSR count). The van der Waals surface area contributed by atoms with Crippen LogP contribution in [0.4, 0.5) is 11.6 Å². The molecule has 0 bridgehead atoms. The average molecular weight is 238 g/mol. The summed E-state index contributed by atoms with van der Waals surface area (Å²) in [6, 6.07) is 0. The third kappa shape index (κ3) is 2.68. The summed E-state index contributed by atoms with van der Waals surface area (Å²) >= 11 is 0. The van der Waals surface area contributed by atoms with E-state index in [-0.39, 0.29) is 11.8 Å². The Balaban J connectivity index is 1.94. The molecule has 0 spiro atoms. The van der Waals surface area contributed by atoms with Crippen molar-refractivity contribution in [1.29, 1.82) is 0 Å². The molecule has 7 heteroatoms. The maximum absolute atomic E-state index is 10.4. The van der Waals surface area contributed by atoms with Crippen LogP contribution >= 0.6 is 0 Å². The van der Waals surface area contributed by atoms with Gasteiger partial charge in [0, 0.05) is 13.6 Å². The fraction of sp³-hybridized carbons (Fsp3) is 0.600. The first-order valence-electron chi connectivity index (χ1n) is 5.42. The maximum Gasteiger partial charge on any atom is 0.305 e. The summed E-state index contributed by atoms with van der Waals surface area (Å²) in [4.78, 5) is 19.6. The lowest BCUT2D eigenvalue weighted by Crippen LogP contribution is -2.37. The van der Waals surface area contributed by atoms with Gasteiger partial charge in [-0.2, -0.15) is 0 Å². The summed E-state index contributed by atoms with van der Waals surface area (Å²) in [6.07, 6.45) is 3.84. The summed E-state index contributed by atoms with van der Waals surface area (Å²) in [6.45, 7) is 0.759. The molecule has 17 heavy (non-hydrogen) atoms. The predicted octanol–water partition coefficient (Wildman–Crippen LogP) is 0.592. The standard InChI is InChI=1S/C10H14N4O3/c1-13(6-7-2-9(15)3-7)10-11-4-8(5-12-10)14(16)17/h4-5,7,9,15H,2-3,6H2,1H3. The van der Waals surface area contributed by atoms with Gasteiger partial charge in [-0.15, -0.1) is 0 Å². The van der Waals surface area contributed by atoms with Gasteiger partial charge in [0.2, 0.25) is 5.95 Å². The summed E-state index contributed by atoms with van der Waals surface area (Å²) in [5.74, 6) is 0.922. The lowest BCUT2D eigenvalue weighted by molar-refractivity contribution is -0.385. The zero-order valence-electron chi connectivity index (χ0n) is 9.48. The van der Waals surface area contributed by atoms with Crippen LogP contribution in [0.15, 0.2) is 12.4 Å². The van der Waals surface area contributed by atoms with Crippen molar-refractivity contribution in [3.8, 4) is 0 Å². The molecule has 1 aromatic rings. The van der Waals surface area contributed by atoms with Gasteiger partial charge in [-0.3, -0.25) is 10.1 Å². The Morgan fingerprint density at radius 1 is 1.53 bits per heavy atom. The molecule has 0 atom stereocenters. The number of anilines is 1. The van der Waals surface area contributed by atoms with Crippen molar-refractivity contribution < 1.29 is 10.0 Å². The molecule has 1 aliphatic carbocycles. The first kappa shape index (κ1) is 11.7. The number of aromatic nitrogens is 2. The van der Waals surface area contributed by atoms with Crippen molar-refractivity contribution in [3.05, 3.63) is 22.5 Å². The highest BCUT2D eigenvalue weighted by atomic mass is 16.6. The maximum atomic E-state index is 10.4. The fourth-order valence-electron chi connectivity index (χ4n) is 1.92. The quantitative estimate of drug-likeness (QED) is 0.609. The Hall–Kier alpha value is -1.76. The minimum atomic E-state index is -0.522. The van der Waals surface area contributed by atoms with Gasteiger partial charge in [0.25, 0.3) is 0 Å². The van der Waals surface area contributed by atoms with E-state index in [0.29, 0.717) is 11.9 Å². The Morgan fingerprint density at radius 2 is 2.12 bits per heavy atom. The minimum Gasteiger partial charge on any atom is -0.393 e. The molecular weight excluding hydrogens is 224 g/mol.